The molecule has 0 aliphatic carbocycles. The molecule has 0 saturated carbocycles. The van der Waals surface area contributed by atoms with Crippen molar-refractivity contribution >= 4 is 29.0 Å². The van der Waals surface area contributed by atoms with Crippen molar-refractivity contribution in [3.05, 3.63) is 29.2 Å². The van der Waals surface area contributed by atoms with Gasteiger partial charge in [-0.25, -0.2) is 0 Å². The number of nitrogen functional groups attached to an aromatic ring is 1. The van der Waals surface area contributed by atoms with E-state index in [9.17, 15) is 4.79 Å². The van der Waals surface area contributed by atoms with Crippen molar-refractivity contribution in [1.82, 2.24) is 20.0 Å². The third-order valence-corrected chi connectivity index (χ3v) is 2.40. The molecule has 0 atom stereocenters. The zero-order valence-corrected chi connectivity index (χ0v) is 10.3. The number of nitrogens with one attached hydrogen (secondary N) is 1. The molecule has 2 aromatic heterocycles. The maximum Gasteiger partial charge on any atom is 0.279 e. The highest BCUT2D eigenvalue weighted by atomic mass is 35.5. The molecule has 2 rings (SSSR count). The number of carbonyl (C=O) groups is 1. The highest BCUT2D eigenvalue weighted by Gasteiger charge is 2.15. The van der Waals surface area contributed by atoms with Gasteiger partial charge in [0.1, 0.15) is 0 Å². The Hall–Kier alpha value is -2.15. The molecule has 0 spiro atoms. The standard InChI is InChI=1S/C10H11ClN6O/c1-2-17-5-6(12)9(16-17)10(18)13-8-4-3-7(11)14-15-8/h3-5H,2,12H2,1H3,(H,13,15,18). The Labute approximate surface area is 108 Å². The average molecular weight is 267 g/mol. The molecular weight excluding hydrogens is 256 g/mol. The molecule has 18 heavy (non-hydrogen) atoms. The van der Waals surface area contributed by atoms with Crippen molar-refractivity contribution in [1.29, 1.82) is 0 Å². The second kappa shape index (κ2) is 5.01. The van der Waals surface area contributed by atoms with Gasteiger partial charge >= 0.3 is 0 Å². The SMILES string of the molecule is CCn1cc(N)c(C(=O)Nc2ccc(Cl)nn2)n1. The summed E-state index contributed by atoms with van der Waals surface area (Å²) in [5.41, 5.74) is 6.17. The van der Waals surface area contributed by atoms with Crippen molar-refractivity contribution in [2.45, 2.75) is 13.5 Å². The van der Waals surface area contributed by atoms with Crippen LogP contribution < -0.4 is 11.1 Å². The van der Waals surface area contributed by atoms with Crippen LogP contribution in [-0.4, -0.2) is 25.9 Å². The number of rotatable bonds is 3. The summed E-state index contributed by atoms with van der Waals surface area (Å²) in [6, 6.07) is 3.07. The van der Waals surface area contributed by atoms with Crippen LogP contribution in [0.2, 0.25) is 5.15 Å². The lowest BCUT2D eigenvalue weighted by Gasteiger charge is -2.01. The van der Waals surface area contributed by atoms with Crippen molar-refractivity contribution in [2.24, 2.45) is 0 Å². The van der Waals surface area contributed by atoms with E-state index in [-0.39, 0.29) is 16.7 Å². The Kier molecular flexibility index (Phi) is 3.42. The molecular formula is C10H11ClN6O. The Balaban J connectivity index is 2.16. The molecule has 3 N–H and O–H groups in total. The number of aromatic nitrogens is 4. The summed E-state index contributed by atoms with van der Waals surface area (Å²) in [4.78, 5) is 11.9. The summed E-state index contributed by atoms with van der Waals surface area (Å²) in [6.45, 7) is 2.54. The number of carbonyl (C=O) groups excluding carboxylic acids is 1. The maximum atomic E-state index is 11.9. The van der Waals surface area contributed by atoms with Crippen molar-refractivity contribution in [3.63, 3.8) is 0 Å². The third kappa shape index (κ3) is 2.57. The molecule has 1 amide bonds. The minimum Gasteiger partial charge on any atom is -0.396 e. The lowest BCUT2D eigenvalue weighted by atomic mass is 10.3. The van der Waals surface area contributed by atoms with E-state index in [0.29, 0.717) is 12.2 Å². The minimum absolute atomic E-state index is 0.161. The number of halogens is 1. The van der Waals surface area contributed by atoms with E-state index in [1.54, 1.807) is 16.9 Å². The minimum atomic E-state index is -0.434. The number of hydrogen-bond acceptors (Lipinski definition) is 5. The summed E-state index contributed by atoms with van der Waals surface area (Å²) >= 11 is 5.59. The molecule has 0 fully saturated rings. The summed E-state index contributed by atoms with van der Waals surface area (Å²) in [5, 5.41) is 14.2. The average Bonchev–Trinajstić information content (AvgIpc) is 2.73. The van der Waals surface area contributed by atoms with Gasteiger partial charge in [-0.1, -0.05) is 11.6 Å². The van der Waals surface area contributed by atoms with Crippen molar-refractivity contribution in [3.8, 4) is 0 Å². The van der Waals surface area contributed by atoms with Gasteiger partial charge in [-0.05, 0) is 19.1 Å². The van der Waals surface area contributed by atoms with Crippen LogP contribution in [0.4, 0.5) is 11.5 Å². The van der Waals surface area contributed by atoms with E-state index in [2.05, 4.69) is 20.6 Å². The van der Waals surface area contributed by atoms with Gasteiger partial charge in [0.2, 0.25) is 0 Å². The van der Waals surface area contributed by atoms with Crippen LogP contribution in [0.3, 0.4) is 0 Å². The van der Waals surface area contributed by atoms with Gasteiger partial charge in [-0.3, -0.25) is 9.48 Å². The fourth-order valence-electron chi connectivity index (χ4n) is 1.33. The summed E-state index contributed by atoms with van der Waals surface area (Å²) < 4.78 is 1.58. The first kappa shape index (κ1) is 12.3. The fraction of sp³-hybridized carbons (Fsp3) is 0.200. The number of amides is 1. The summed E-state index contributed by atoms with van der Waals surface area (Å²) in [6.07, 6.45) is 1.60. The molecule has 2 heterocycles. The van der Waals surface area contributed by atoms with E-state index >= 15 is 0 Å². The number of nitrogens with two attached hydrogens (primary N) is 1. The van der Waals surface area contributed by atoms with E-state index in [1.807, 2.05) is 6.92 Å². The predicted molar refractivity (Wildman–Crippen MR) is 67.3 cm³/mol. The third-order valence-electron chi connectivity index (χ3n) is 2.20. The Morgan fingerprint density at radius 1 is 1.50 bits per heavy atom. The Morgan fingerprint density at radius 2 is 2.28 bits per heavy atom. The van der Waals surface area contributed by atoms with Crippen molar-refractivity contribution < 1.29 is 4.79 Å². The molecule has 0 unspecified atom stereocenters. The molecule has 0 aromatic carbocycles. The van der Waals surface area contributed by atoms with Crippen LogP contribution in [0.1, 0.15) is 17.4 Å². The van der Waals surface area contributed by atoms with Gasteiger partial charge in [0.05, 0.1) is 5.69 Å². The zero-order chi connectivity index (χ0) is 13.1. The van der Waals surface area contributed by atoms with E-state index in [1.165, 1.54) is 6.07 Å². The van der Waals surface area contributed by atoms with E-state index in [0.717, 1.165) is 0 Å². The summed E-state index contributed by atoms with van der Waals surface area (Å²) in [7, 11) is 0. The molecule has 0 aliphatic heterocycles. The smallest absolute Gasteiger partial charge is 0.279 e. The largest absolute Gasteiger partial charge is 0.396 e. The van der Waals surface area contributed by atoms with Gasteiger partial charge in [0.25, 0.3) is 5.91 Å². The Morgan fingerprint density at radius 3 is 2.83 bits per heavy atom. The normalized spacial score (nSPS) is 10.3. The fourth-order valence-corrected chi connectivity index (χ4v) is 1.43. The molecule has 2 aromatic rings. The highest BCUT2D eigenvalue weighted by Crippen LogP contribution is 2.12. The molecule has 0 saturated heterocycles. The molecule has 0 aliphatic rings. The molecule has 0 radical (unpaired) electrons. The van der Waals surface area contributed by atoms with Crippen LogP contribution in [-0.2, 0) is 6.54 Å². The topological polar surface area (TPSA) is 98.7 Å². The highest BCUT2D eigenvalue weighted by molar-refractivity contribution is 6.29. The second-order valence-electron chi connectivity index (χ2n) is 3.48. The number of anilines is 2. The van der Waals surface area contributed by atoms with Gasteiger partial charge in [0.15, 0.2) is 16.7 Å². The van der Waals surface area contributed by atoms with Gasteiger partial charge in [-0.2, -0.15) is 5.10 Å². The lowest BCUT2D eigenvalue weighted by molar-refractivity contribution is 0.102. The van der Waals surface area contributed by atoms with Crippen LogP contribution >= 0.6 is 11.6 Å². The van der Waals surface area contributed by atoms with E-state index in [4.69, 9.17) is 17.3 Å². The zero-order valence-electron chi connectivity index (χ0n) is 9.59. The first-order valence-corrected chi connectivity index (χ1v) is 5.61. The quantitative estimate of drug-likeness (QED) is 0.869. The maximum absolute atomic E-state index is 11.9. The van der Waals surface area contributed by atoms with E-state index < -0.39 is 5.91 Å². The number of nitrogens with zero attached hydrogens (tertiary/aromatic N) is 4. The van der Waals surface area contributed by atoms with Gasteiger partial charge < -0.3 is 11.1 Å². The molecule has 0 bridgehead atoms. The number of aryl methyl sites for hydroxylation is 1. The lowest BCUT2D eigenvalue weighted by Crippen LogP contribution is -2.15. The predicted octanol–water partition coefficient (Wildman–Crippen LogP) is 1.18. The first-order chi connectivity index (χ1) is 8.60. The molecule has 94 valence electrons. The van der Waals surface area contributed by atoms with Crippen LogP contribution in [0, 0.1) is 0 Å². The van der Waals surface area contributed by atoms with Crippen LogP contribution in [0.5, 0.6) is 0 Å². The number of hydrogen-bond donors (Lipinski definition) is 2. The Bertz CT molecular complexity index is 564. The van der Waals surface area contributed by atoms with Crippen LogP contribution in [0.15, 0.2) is 18.3 Å². The first-order valence-electron chi connectivity index (χ1n) is 5.23. The van der Waals surface area contributed by atoms with Crippen LogP contribution in [0.25, 0.3) is 0 Å². The van der Waals surface area contributed by atoms with Gasteiger partial charge in [-0.15, -0.1) is 10.2 Å². The monoisotopic (exact) mass is 266 g/mol. The van der Waals surface area contributed by atoms with Gasteiger partial charge in [0, 0.05) is 12.7 Å². The molecule has 7 nitrogen and oxygen atoms in total. The second-order valence-corrected chi connectivity index (χ2v) is 3.87. The summed E-state index contributed by atoms with van der Waals surface area (Å²) in [5.74, 6) is -0.147. The molecule has 8 heteroatoms. The van der Waals surface area contributed by atoms with Crippen molar-refractivity contribution in [2.75, 3.05) is 11.1 Å².